The fourth-order valence-electron chi connectivity index (χ4n) is 5.83. The third-order valence-electron chi connectivity index (χ3n) is 8.51. The second kappa shape index (κ2) is 16.9. The molecule has 0 amide bonds. The zero-order chi connectivity index (χ0) is 35.9. The zero-order valence-electron chi connectivity index (χ0n) is 27.9. The molecule has 7 aromatic rings. The fourth-order valence-corrected chi connectivity index (χ4v) is 6.88. The first kappa shape index (κ1) is 35.9. The molecule has 52 heavy (non-hydrogen) atoms. The number of rotatable bonds is 10. The minimum Gasteiger partial charge on any atom is -0.311 e. The number of nitrogens with zero attached hydrogens (tertiary/aromatic N) is 2. The van der Waals surface area contributed by atoms with Gasteiger partial charge in [-0.3, -0.25) is 0 Å². The van der Waals surface area contributed by atoms with E-state index in [9.17, 15) is 0 Å². The average molecular weight is 932 g/mol. The molecule has 0 aliphatic heterocycles. The molecule has 0 aliphatic carbocycles. The summed E-state index contributed by atoms with van der Waals surface area (Å²) in [6, 6.07) is 59.5. The first-order valence-electron chi connectivity index (χ1n) is 16.7. The Bertz CT molecular complexity index is 2020. The molecule has 6 heteroatoms. The molecular formula is C46H32Br4N2. The largest absolute Gasteiger partial charge is 0.311 e. The molecule has 0 aliphatic rings. The predicted octanol–water partition coefficient (Wildman–Crippen LogP) is 16.0. The van der Waals surface area contributed by atoms with Gasteiger partial charge in [-0.1, -0.05) is 137 Å². The van der Waals surface area contributed by atoms with Gasteiger partial charge in [0.05, 0.1) is 0 Å². The molecule has 254 valence electrons. The van der Waals surface area contributed by atoms with E-state index in [1.807, 2.05) is 0 Å². The van der Waals surface area contributed by atoms with Crippen LogP contribution < -0.4 is 9.80 Å². The normalized spacial score (nSPS) is 11.3. The van der Waals surface area contributed by atoms with Crippen molar-refractivity contribution in [3.8, 4) is 0 Å². The fraction of sp³-hybridized carbons (Fsp3) is 0. The average Bonchev–Trinajstić information content (AvgIpc) is 3.18. The van der Waals surface area contributed by atoms with Crippen molar-refractivity contribution < 1.29 is 0 Å². The van der Waals surface area contributed by atoms with Crippen LogP contribution in [0.15, 0.2) is 188 Å². The Hall–Kier alpha value is -4.46. The molecule has 0 saturated carbocycles. The van der Waals surface area contributed by atoms with E-state index in [4.69, 9.17) is 0 Å². The van der Waals surface area contributed by atoms with E-state index in [1.165, 1.54) is 0 Å². The lowest BCUT2D eigenvalue weighted by atomic mass is 10.1. The van der Waals surface area contributed by atoms with Gasteiger partial charge in [0.15, 0.2) is 0 Å². The first-order valence-corrected chi connectivity index (χ1v) is 19.8. The standard InChI is InChI=1S/C46H32Br4N2/c47-37-13-25-43(26-14-37)51(44-27-15-38(48)16-28-44)41-21-9-35(10-22-41)7-5-33-1-2-34(4-3-33)6-8-36-11-23-42(24-12-36)52(45-29-17-39(49)18-30-45)46-31-19-40(50)20-32-46/h1-32H. The van der Waals surface area contributed by atoms with Gasteiger partial charge >= 0.3 is 0 Å². The SMILES string of the molecule is Brc1ccc(N(c2ccc(Br)cc2)c2ccc(C=Cc3ccc(C=Cc4ccc(N(c5ccc(Br)cc5)c5ccc(Br)cc5)cc4)cc3)cc2)cc1. The van der Waals surface area contributed by atoms with Gasteiger partial charge in [-0.05, 0) is 144 Å². The quantitative estimate of drug-likeness (QED) is 0.126. The Balaban J connectivity index is 1.02. The van der Waals surface area contributed by atoms with Crippen LogP contribution in [0.4, 0.5) is 34.1 Å². The Labute approximate surface area is 339 Å². The molecule has 0 radical (unpaired) electrons. The second-order valence-electron chi connectivity index (χ2n) is 12.1. The van der Waals surface area contributed by atoms with Gasteiger partial charge < -0.3 is 9.80 Å². The van der Waals surface area contributed by atoms with Gasteiger partial charge in [-0.25, -0.2) is 0 Å². The van der Waals surface area contributed by atoms with E-state index < -0.39 is 0 Å². The van der Waals surface area contributed by atoms with Crippen LogP contribution in [0, 0.1) is 0 Å². The first-order chi connectivity index (χ1) is 25.4. The van der Waals surface area contributed by atoms with Crippen molar-refractivity contribution in [3.05, 3.63) is 210 Å². The van der Waals surface area contributed by atoms with Gasteiger partial charge in [-0.2, -0.15) is 0 Å². The summed E-state index contributed by atoms with van der Waals surface area (Å²) >= 11 is 14.3. The van der Waals surface area contributed by atoms with Gasteiger partial charge in [0.2, 0.25) is 0 Å². The van der Waals surface area contributed by atoms with Crippen molar-refractivity contribution in [1.82, 2.24) is 0 Å². The smallest absolute Gasteiger partial charge is 0.0462 e. The van der Waals surface area contributed by atoms with Crippen LogP contribution >= 0.6 is 63.7 Å². The Morgan fingerprint density at radius 2 is 0.385 bits per heavy atom. The van der Waals surface area contributed by atoms with E-state index in [2.05, 4.69) is 268 Å². The molecule has 0 N–H and O–H groups in total. The van der Waals surface area contributed by atoms with Crippen LogP contribution in [0.3, 0.4) is 0 Å². The second-order valence-corrected chi connectivity index (χ2v) is 15.8. The lowest BCUT2D eigenvalue weighted by Gasteiger charge is -2.25. The summed E-state index contributed by atoms with van der Waals surface area (Å²) in [5.74, 6) is 0. The molecule has 0 fully saturated rings. The van der Waals surface area contributed by atoms with E-state index >= 15 is 0 Å². The molecule has 7 rings (SSSR count). The highest BCUT2D eigenvalue weighted by Gasteiger charge is 2.14. The summed E-state index contributed by atoms with van der Waals surface area (Å²) in [5, 5.41) is 0. The number of hydrogen-bond donors (Lipinski definition) is 0. The molecule has 0 aromatic heterocycles. The van der Waals surface area contributed by atoms with Crippen molar-refractivity contribution in [3.63, 3.8) is 0 Å². The van der Waals surface area contributed by atoms with Gasteiger partial charge in [0.25, 0.3) is 0 Å². The van der Waals surface area contributed by atoms with Crippen LogP contribution in [0.1, 0.15) is 22.3 Å². The third kappa shape index (κ3) is 9.12. The monoisotopic (exact) mass is 928 g/mol. The summed E-state index contributed by atoms with van der Waals surface area (Å²) in [6.45, 7) is 0. The van der Waals surface area contributed by atoms with E-state index in [0.717, 1.165) is 74.3 Å². The number of anilines is 6. The number of hydrogen-bond acceptors (Lipinski definition) is 2. The van der Waals surface area contributed by atoms with Crippen molar-refractivity contribution in [2.75, 3.05) is 9.80 Å². The maximum Gasteiger partial charge on any atom is 0.0462 e. The van der Waals surface area contributed by atoms with E-state index in [-0.39, 0.29) is 0 Å². The Kier molecular flexibility index (Phi) is 11.7. The van der Waals surface area contributed by atoms with Crippen molar-refractivity contribution in [1.29, 1.82) is 0 Å². The van der Waals surface area contributed by atoms with Crippen molar-refractivity contribution >= 4 is 122 Å². The highest BCUT2D eigenvalue weighted by atomic mass is 79.9. The third-order valence-corrected chi connectivity index (χ3v) is 10.6. The molecule has 0 atom stereocenters. The molecule has 0 saturated heterocycles. The summed E-state index contributed by atoms with van der Waals surface area (Å²) in [4.78, 5) is 4.52. The molecule has 0 spiro atoms. The maximum absolute atomic E-state index is 3.57. The zero-order valence-corrected chi connectivity index (χ0v) is 34.2. The van der Waals surface area contributed by atoms with Gasteiger partial charge in [-0.15, -0.1) is 0 Å². The van der Waals surface area contributed by atoms with Crippen molar-refractivity contribution in [2.45, 2.75) is 0 Å². The molecular weight excluding hydrogens is 900 g/mol. The van der Waals surface area contributed by atoms with Gasteiger partial charge in [0.1, 0.15) is 0 Å². The number of benzene rings is 7. The summed E-state index contributed by atoms with van der Waals surface area (Å²) < 4.78 is 4.22. The van der Waals surface area contributed by atoms with E-state index in [0.29, 0.717) is 0 Å². The molecule has 0 bridgehead atoms. The van der Waals surface area contributed by atoms with Crippen LogP contribution in [0.25, 0.3) is 24.3 Å². The highest BCUT2D eigenvalue weighted by Crippen LogP contribution is 2.37. The number of halogens is 4. The minimum atomic E-state index is 1.06. The minimum absolute atomic E-state index is 1.06. The molecule has 2 nitrogen and oxygen atoms in total. The Morgan fingerprint density at radius 3 is 0.577 bits per heavy atom. The summed E-state index contributed by atoms with van der Waals surface area (Å²) in [6.07, 6.45) is 8.63. The van der Waals surface area contributed by atoms with Crippen LogP contribution in [-0.2, 0) is 0 Å². The van der Waals surface area contributed by atoms with E-state index in [1.54, 1.807) is 0 Å². The molecule has 0 heterocycles. The topological polar surface area (TPSA) is 6.48 Å². The lowest BCUT2D eigenvalue weighted by Crippen LogP contribution is -2.09. The summed E-state index contributed by atoms with van der Waals surface area (Å²) in [5.41, 5.74) is 11.2. The maximum atomic E-state index is 3.57. The molecule has 7 aromatic carbocycles. The lowest BCUT2D eigenvalue weighted by molar-refractivity contribution is 1.28. The van der Waals surface area contributed by atoms with Crippen LogP contribution in [-0.4, -0.2) is 0 Å². The highest BCUT2D eigenvalue weighted by molar-refractivity contribution is 9.11. The van der Waals surface area contributed by atoms with Gasteiger partial charge in [0, 0.05) is 52.0 Å². The predicted molar refractivity (Wildman–Crippen MR) is 237 cm³/mol. The van der Waals surface area contributed by atoms with Crippen molar-refractivity contribution in [2.24, 2.45) is 0 Å². The molecule has 0 unspecified atom stereocenters. The summed E-state index contributed by atoms with van der Waals surface area (Å²) in [7, 11) is 0. The van der Waals surface area contributed by atoms with Crippen LogP contribution in [0.2, 0.25) is 0 Å². The Morgan fingerprint density at radius 1 is 0.231 bits per heavy atom. The van der Waals surface area contributed by atoms with Crippen LogP contribution in [0.5, 0.6) is 0 Å².